The number of aliphatic carboxylic acids is 1. The summed E-state index contributed by atoms with van der Waals surface area (Å²) < 4.78 is 35.6. The molecule has 14 heavy (non-hydrogen) atoms. The minimum Gasteiger partial charge on any atom is -0.481 e. The fourth-order valence-electron chi connectivity index (χ4n) is 2.09. The summed E-state index contributed by atoms with van der Waals surface area (Å²) in [7, 11) is 0. The van der Waals surface area contributed by atoms with Crippen LogP contribution in [-0.2, 0) is 4.79 Å². The standard InChI is InChI=1S/C9H13F3O2/c1-8(2)5(6(8)7(13)14)3-4-9(10,11)12/h5-6H,3-4H2,1-2H3,(H,13,14)/t5-,6+/m1/s1. The molecule has 0 aromatic rings. The first-order chi connectivity index (χ1) is 6.16. The number of alkyl halides is 3. The zero-order valence-corrected chi connectivity index (χ0v) is 8.06. The lowest BCUT2D eigenvalue weighted by atomic mass is 10.1. The molecule has 1 aliphatic rings. The van der Waals surface area contributed by atoms with Crippen LogP contribution in [0.15, 0.2) is 0 Å². The van der Waals surface area contributed by atoms with Gasteiger partial charge in [0.25, 0.3) is 0 Å². The van der Waals surface area contributed by atoms with E-state index in [1.165, 1.54) is 0 Å². The molecule has 0 amide bonds. The van der Waals surface area contributed by atoms with Crippen LogP contribution < -0.4 is 0 Å². The lowest BCUT2D eigenvalue weighted by molar-refractivity contribution is -0.142. The number of carboxylic acid groups (broad SMARTS) is 1. The third kappa shape index (κ3) is 2.19. The lowest BCUT2D eigenvalue weighted by Gasteiger charge is -2.05. The average molecular weight is 210 g/mol. The molecule has 5 heteroatoms. The second-order valence-corrected chi connectivity index (χ2v) is 4.40. The monoisotopic (exact) mass is 210 g/mol. The van der Waals surface area contributed by atoms with Crippen LogP contribution in [-0.4, -0.2) is 17.3 Å². The van der Waals surface area contributed by atoms with Gasteiger partial charge in [0.15, 0.2) is 0 Å². The van der Waals surface area contributed by atoms with Gasteiger partial charge in [0.05, 0.1) is 5.92 Å². The highest BCUT2D eigenvalue weighted by Gasteiger charge is 2.61. The molecule has 2 nitrogen and oxygen atoms in total. The van der Waals surface area contributed by atoms with Crippen LogP contribution in [0.4, 0.5) is 13.2 Å². The van der Waals surface area contributed by atoms with Gasteiger partial charge in [-0.25, -0.2) is 0 Å². The maximum absolute atomic E-state index is 11.9. The van der Waals surface area contributed by atoms with E-state index in [2.05, 4.69) is 0 Å². The van der Waals surface area contributed by atoms with E-state index in [0.717, 1.165) is 0 Å². The first kappa shape index (κ1) is 11.3. The zero-order valence-electron chi connectivity index (χ0n) is 8.06. The number of hydrogen-bond acceptors (Lipinski definition) is 1. The van der Waals surface area contributed by atoms with Crippen LogP contribution in [0, 0.1) is 17.3 Å². The molecule has 2 atom stereocenters. The predicted octanol–water partition coefficient (Wildman–Crippen LogP) is 2.69. The molecule has 1 N–H and O–H groups in total. The van der Waals surface area contributed by atoms with Crippen molar-refractivity contribution in [3.05, 3.63) is 0 Å². The Morgan fingerprint density at radius 2 is 1.93 bits per heavy atom. The van der Waals surface area contributed by atoms with Crippen molar-refractivity contribution in [1.29, 1.82) is 0 Å². The average Bonchev–Trinajstić information content (AvgIpc) is 2.47. The van der Waals surface area contributed by atoms with Gasteiger partial charge in [-0.1, -0.05) is 13.8 Å². The van der Waals surface area contributed by atoms with Gasteiger partial charge in [0, 0.05) is 6.42 Å². The minimum atomic E-state index is -4.18. The molecule has 0 aromatic carbocycles. The maximum atomic E-state index is 11.9. The van der Waals surface area contributed by atoms with E-state index in [0.29, 0.717) is 0 Å². The van der Waals surface area contributed by atoms with Gasteiger partial charge >= 0.3 is 12.1 Å². The van der Waals surface area contributed by atoms with E-state index >= 15 is 0 Å². The summed E-state index contributed by atoms with van der Waals surface area (Å²) in [5.41, 5.74) is -0.475. The van der Waals surface area contributed by atoms with Gasteiger partial charge in [-0.3, -0.25) is 4.79 Å². The van der Waals surface area contributed by atoms with Crippen LogP contribution in [0.25, 0.3) is 0 Å². The molecule has 0 spiro atoms. The highest BCUT2D eigenvalue weighted by Crippen LogP contribution is 2.60. The molecule has 0 bridgehead atoms. The summed E-state index contributed by atoms with van der Waals surface area (Å²) in [6.45, 7) is 3.40. The quantitative estimate of drug-likeness (QED) is 0.777. The van der Waals surface area contributed by atoms with Crippen LogP contribution in [0.2, 0.25) is 0 Å². The molecule has 0 radical (unpaired) electrons. The van der Waals surface area contributed by atoms with E-state index in [9.17, 15) is 18.0 Å². The van der Waals surface area contributed by atoms with Crippen molar-refractivity contribution in [1.82, 2.24) is 0 Å². The minimum absolute atomic E-state index is 0.0759. The van der Waals surface area contributed by atoms with E-state index in [-0.39, 0.29) is 12.3 Å². The van der Waals surface area contributed by atoms with Crippen molar-refractivity contribution in [3.63, 3.8) is 0 Å². The molecule has 82 valence electrons. The van der Waals surface area contributed by atoms with Gasteiger partial charge in [-0.2, -0.15) is 13.2 Å². The molecular formula is C9H13F3O2. The van der Waals surface area contributed by atoms with Crippen molar-refractivity contribution in [2.24, 2.45) is 17.3 Å². The van der Waals surface area contributed by atoms with Crippen molar-refractivity contribution < 1.29 is 23.1 Å². The van der Waals surface area contributed by atoms with Crippen molar-refractivity contribution >= 4 is 5.97 Å². The van der Waals surface area contributed by atoms with Gasteiger partial charge in [0.1, 0.15) is 0 Å². The third-order valence-electron chi connectivity index (χ3n) is 3.06. The number of halogens is 3. The molecule has 0 aromatic heterocycles. The maximum Gasteiger partial charge on any atom is 0.389 e. The SMILES string of the molecule is CC1(C)[C@H](CCC(F)(F)F)[C@H]1C(=O)O. The summed E-state index contributed by atoms with van der Waals surface area (Å²) in [5.74, 6) is -1.92. The number of carboxylic acids is 1. The number of hydrogen-bond donors (Lipinski definition) is 1. The molecule has 0 heterocycles. The molecule has 1 saturated carbocycles. The largest absolute Gasteiger partial charge is 0.481 e. The van der Waals surface area contributed by atoms with E-state index < -0.39 is 29.9 Å². The smallest absolute Gasteiger partial charge is 0.389 e. The Morgan fingerprint density at radius 1 is 1.43 bits per heavy atom. The Hall–Kier alpha value is -0.740. The summed E-state index contributed by atoms with van der Waals surface area (Å²) in [5, 5.41) is 8.71. The van der Waals surface area contributed by atoms with Gasteiger partial charge in [-0.15, -0.1) is 0 Å². The summed E-state index contributed by atoms with van der Waals surface area (Å²) in [4.78, 5) is 10.6. The fourth-order valence-corrected chi connectivity index (χ4v) is 2.09. The molecular weight excluding hydrogens is 197 g/mol. The van der Waals surface area contributed by atoms with Gasteiger partial charge in [-0.05, 0) is 17.8 Å². The highest BCUT2D eigenvalue weighted by molar-refractivity contribution is 5.75. The summed E-state index contributed by atoms with van der Waals surface area (Å²) >= 11 is 0. The van der Waals surface area contributed by atoms with Crippen LogP contribution >= 0.6 is 0 Å². The topological polar surface area (TPSA) is 37.3 Å². The zero-order chi connectivity index (χ0) is 11.1. The highest BCUT2D eigenvalue weighted by atomic mass is 19.4. The molecule has 1 fully saturated rings. The number of rotatable bonds is 3. The van der Waals surface area contributed by atoms with Crippen LogP contribution in [0.5, 0.6) is 0 Å². The Kier molecular flexibility index (Phi) is 2.54. The summed E-state index contributed by atoms with van der Waals surface area (Å²) in [6, 6.07) is 0. The van der Waals surface area contributed by atoms with Crippen LogP contribution in [0.3, 0.4) is 0 Å². The first-order valence-electron chi connectivity index (χ1n) is 4.46. The lowest BCUT2D eigenvalue weighted by Crippen LogP contribution is -2.08. The van der Waals surface area contributed by atoms with Gasteiger partial charge in [0.2, 0.25) is 0 Å². The third-order valence-corrected chi connectivity index (χ3v) is 3.06. The van der Waals surface area contributed by atoms with Crippen molar-refractivity contribution in [2.75, 3.05) is 0 Å². The van der Waals surface area contributed by atoms with Crippen molar-refractivity contribution in [2.45, 2.75) is 32.9 Å². The molecule has 1 rings (SSSR count). The first-order valence-corrected chi connectivity index (χ1v) is 4.46. The predicted molar refractivity (Wildman–Crippen MR) is 43.7 cm³/mol. The number of carbonyl (C=O) groups is 1. The van der Waals surface area contributed by atoms with Gasteiger partial charge < -0.3 is 5.11 Å². The Balaban J connectivity index is 2.46. The van der Waals surface area contributed by atoms with Crippen molar-refractivity contribution in [3.8, 4) is 0 Å². The fraction of sp³-hybridized carbons (Fsp3) is 0.889. The molecule has 0 aliphatic heterocycles. The molecule has 1 aliphatic carbocycles. The van der Waals surface area contributed by atoms with E-state index in [1.54, 1.807) is 13.8 Å². The Bertz CT molecular complexity index is 245. The van der Waals surface area contributed by atoms with E-state index in [4.69, 9.17) is 5.11 Å². The molecule has 0 saturated heterocycles. The summed E-state index contributed by atoms with van der Waals surface area (Å²) in [6.07, 6.45) is -5.14. The molecule has 0 unspecified atom stereocenters. The van der Waals surface area contributed by atoms with Crippen LogP contribution in [0.1, 0.15) is 26.7 Å². The second kappa shape index (κ2) is 3.14. The van der Waals surface area contributed by atoms with E-state index in [1.807, 2.05) is 0 Å². The Labute approximate surface area is 80.1 Å². The normalized spacial score (nSPS) is 30.1. The second-order valence-electron chi connectivity index (χ2n) is 4.40. The Morgan fingerprint density at radius 3 is 2.21 bits per heavy atom.